The molecular weight excluding hydrogens is 276 g/mol. The van der Waals surface area contributed by atoms with Gasteiger partial charge in [-0.2, -0.15) is 0 Å². The fraction of sp³-hybridized carbons (Fsp3) is 0.684. The first-order chi connectivity index (χ1) is 10.6. The number of hydrogen-bond donors (Lipinski definition) is 2. The molecule has 126 valence electrons. The summed E-state index contributed by atoms with van der Waals surface area (Å²) in [5.74, 6) is 0.742. The number of ether oxygens (including phenoxy) is 1. The summed E-state index contributed by atoms with van der Waals surface area (Å²) in [6, 6.07) is 1.55. The van der Waals surface area contributed by atoms with E-state index in [-0.39, 0.29) is 11.5 Å². The zero-order valence-corrected chi connectivity index (χ0v) is 14.5. The third-order valence-electron chi connectivity index (χ3n) is 4.15. The maximum Gasteiger partial charge on any atom is 0.167 e. The van der Waals surface area contributed by atoms with Crippen molar-refractivity contribution in [3.05, 3.63) is 17.2 Å². The lowest BCUT2D eigenvalue weighted by Crippen LogP contribution is -2.00. The molecule has 0 aliphatic heterocycles. The summed E-state index contributed by atoms with van der Waals surface area (Å²) >= 11 is 0. The summed E-state index contributed by atoms with van der Waals surface area (Å²) < 4.78 is 5.65. The molecule has 0 atom stereocenters. The smallest absolute Gasteiger partial charge is 0.167 e. The molecule has 0 saturated heterocycles. The molecule has 1 aromatic rings. The molecule has 3 nitrogen and oxygen atoms in total. The molecule has 1 aromatic carbocycles. The Morgan fingerprint density at radius 3 is 2.00 bits per heavy atom. The van der Waals surface area contributed by atoms with Crippen LogP contribution in [0.2, 0.25) is 0 Å². The molecule has 0 unspecified atom stereocenters. The lowest BCUT2D eigenvalue weighted by atomic mass is 10.1. The van der Waals surface area contributed by atoms with E-state index in [2.05, 4.69) is 6.92 Å². The highest BCUT2D eigenvalue weighted by atomic mass is 16.5. The van der Waals surface area contributed by atoms with Gasteiger partial charge < -0.3 is 14.9 Å². The van der Waals surface area contributed by atoms with Crippen LogP contribution in [0, 0.1) is 13.8 Å². The SMILES string of the molecule is CCCCCCCCCCCOc1c(O)cc(C)c(O)c1C. The van der Waals surface area contributed by atoms with Crippen LogP contribution >= 0.6 is 0 Å². The largest absolute Gasteiger partial charge is 0.507 e. The van der Waals surface area contributed by atoms with Crippen LogP contribution < -0.4 is 4.74 Å². The van der Waals surface area contributed by atoms with E-state index in [0.717, 1.165) is 12.8 Å². The van der Waals surface area contributed by atoms with Gasteiger partial charge in [0.1, 0.15) is 5.75 Å². The maximum atomic E-state index is 9.90. The molecule has 0 aliphatic carbocycles. The van der Waals surface area contributed by atoms with Crippen molar-refractivity contribution >= 4 is 0 Å². The van der Waals surface area contributed by atoms with E-state index < -0.39 is 0 Å². The molecule has 0 fully saturated rings. The number of aryl methyl sites for hydroxylation is 1. The highest BCUT2D eigenvalue weighted by Crippen LogP contribution is 2.38. The first-order valence-electron chi connectivity index (χ1n) is 8.72. The Morgan fingerprint density at radius 1 is 0.864 bits per heavy atom. The van der Waals surface area contributed by atoms with Crippen LogP contribution in [-0.4, -0.2) is 16.8 Å². The van der Waals surface area contributed by atoms with Gasteiger partial charge in [0.2, 0.25) is 0 Å². The van der Waals surface area contributed by atoms with Crippen LogP contribution in [0.1, 0.15) is 75.8 Å². The minimum atomic E-state index is 0.115. The Hall–Kier alpha value is -1.38. The van der Waals surface area contributed by atoms with E-state index in [1.54, 1.807) is 19.9 Å². The molecule has 0 bridgehead atoms. The molecule has 0 saturated carbocycles. The van der Waals surface area contributed by atoms with Crippen LogP contribution in [0.5, 0.6) is 17.2 Å². The van der Waals surface area contributed by atoms with Crippen molar-refractivity contribution in [1.82, 2.24) is 0 Å². The van der Waals surface area contributed by atoms with Gasteiger partial charge in [0.15, 0.2) is 11.5 Å². The van der Waals surface area contributed by atoms with Crippen molar-refractivity contribution in [2.24, 2.45) is 0 Å². The topological polar surface area (TPSA) is 49.7 Å². The van der Waals surface area contributed by atoms with Gasteiger partial charge in [-0.1, -0.05) is 58.3 Å². The molecule has 1 rings (SSSR count). The third kappa shape index (κ3) is 6.17. The highest BCUT2D eigenvalue weighted by Gasteiger charge is 2.13. The zero-order chi connectivity index (χ0) is 16.4. The summed E-state index contributed by atoms with van der Waals surface area (Å²) in [4.78, 5) is 0. The molecular formula is C19H32O3. The van der Waals surface area contributed by atoms with E-state index in [0.29, 0.717) is 23.5 Å². The van der Waals surface area contributed by atoms with Gasteiger partial charge in [0.05, 0.1) is 6.61 Å². The zero-order valence-electron chi connectivity index (χ0n) is 14.5. The lowest BCUT2D eigenvalue weighted by molar-refractivity contribution is 0.284. The molecule has 0 aromatic heterocycles. The molecule has 0 radical (unpaired) electrons. The number of benzene rings is 1. The van der Waals surface area contributed by atoms with E-state index in [1.165, 1.54) is 44.9 Å². The Kier molecular flexibility index (Phi) is 8.79. The number of phenolic OH excluding ortho intramolecular Hbond substituents is 2. The standard InChI is InChI=1S/C19H32O3/c1-4-5-6-7-8-9-10-11-12-13-22-19-16(3)18(21)15(2)14-17(19)20/h14,20-21H,4-13H2,1-3H3. The Balaban J connectivity index is 2.17. The monoisotopic (exact) mass is 308 g/mol. The summed E-state index contributed by atoms with van der Waals surface area (Å²) in [6.45, 7) is 6.38. The quantitative estimate of drug-likeness (QED) is 0.412. The van der Waals surface area contributed by atoms with Crippen LogP contribution in [0.25, 0.3) is 0 Å². The van der Waals surface area contributed by atoms with Gasteiger partial charge in [-0.3, -0.25) is 0 Å². The number of aromatic hydroxyl groups is 2. The van der Waals surface area contributed by atoms with Crippen molar-refractivity contribution in [2.75, 3.05) is 6.61 Å². The van der Waals surface area contributed by atoms with Gasteiger partial charge in [-0.05, 0) is 31.9 Å². The second-order valence-corrected chi connectivity index (χ2v) is 6.19. The van der Waals surface area contributed by atoms with E-state index in [1.807, 2.05) is 0 Å². The Bertz CT molecular complexity index is 441. The molecule has 3 heteroatoms. The minimum absolute atomic E-state index is 0.115. The first kappa shape index (κ1) is 18.7. The van der Waals surface area contributed by atoms with Crippen LogP contribution in [0.4, 0.5) is 0 Å². The molecule has 22 heavy (non-hydrogen) atoms. The third-order valence-corrected chi connectivity index (χ3v) is 4.15. The van der Waals surface area contributed by atoms with Crippen LogP contribution in [0.15, 0.2) is 6.07 Å². The summed E-state index contributed by atoms with van der Waals surface area (Å²) in [6.07, 6.45) is 11.4. The summed E-state index contributed by atoms with van der Waals surface area (Å²) in [5.41, 5.74) is 1.29. The van der Waals surface area contributed by atoms with E-state index >= 15 is 0 Å². The van der Waals surface area contributed by atoms with Crippen LogP contribution in [0.3, 0.4) is 0 Å². The predicted octanol–water partition coefficient (Wildman–Crippen LogP) is 5.62. The normalized spacial score (nSPS) is 10.9. The molecule has 2 N–H and O–H groups in total. The van der Waals surface area contributed by atoms with Gasteiger partial charge in [-0.25, -0.2) is 0 Å². The number of hydrogen-bond acceptors (Lipinski definition) is 3. The van der Waals surface area contributed by atoms with E-state index in [9.17, 15) is 10.2 Å². The number of phenols is 2. The Labute approximate surface area is 135 Å². The van der Waals surface area contributed by atoms with Crippen molar-refractivity contribution in [3.8, 4) is 17.2 Å². The van der Waals surface area contributed by atoms with E-state index in [4.69, 9.17) is 4.74 Å². The van der Waals surface area contributed by atoms with Gasteiger partial charge in [0.25, 0.3) is 0 Å². The van der Waals surface area contributed by atoms with Crippen molar-refractivity contribution < 1.29 is 14.9 Å². The molecule has 0 heterocycles. The lowest BCUT2D eigenvalue weighted by Gasteiger charge is -2.13. The fourth-order valence-electron chi connectivity index (χ4n) is 2.70. The average Bonchev–Trinajstić information content (AvgIpc) is 2.50. The number of rotatable bonds is 11. The molecule has 0 spiro atoms. The van der Waals surface area contributed by atoms with Gasteiger partial charge in [-0.15, -0.1) is 0 Å². The average molecular weight is 308 g/mol. The molecule has 0 amide bonds. The molecule has 0 aliphatic rings. The van der Waals surface area contributed by atoms with Gasteiger partial charge >= 0.3 is 0 Å². The second-order valence-electron chi connectivity index (χ2n) is 6.19. The Morgan fingerprint density at radius 2 is 1.41 bits per heavy atom. The van der Waals surface area contributed by atoms with Gasteiger partial charge in [0, 0.05) is 5.56 Å². The minimum Gasteiger partial charge on any atom is -0.507 e. The predicted molar refractivity (Wildman–Crippen MR) is 92.0 cm³/mol. The first-order valence-corrected chi connectivity index (χ1v) is 8.72. The van der Waals surface area contributed by atoms with Crippen molar-refractivity contribution in [1.29, 1.82) is 0 Å². The fourth-order valence-corrected chi connectivity index (χ4v) is 2.70. The van der Waals surface area contributed by atoms with Crippen LogP contribution in [-0.2, 0) is 0 Å². The summed E-state index contributed by atoms with van der Waals surface area (Å²) in [5, 5.41) is 19.8. The summed E-state index contributed by atoms with van der Waals surface area (Å²) in [7, 11) is 0. The maximum absolute atomic E-state index is 9.90. The highest BCUT2D eigenvalue weighted by molar-refractivity contribution is 5.55. The van der Waals surface area contributed by atoms with Crippen molar-refractivity contribution in [3.63, 3.8) is 0 Å². The number of unbranched alkanes of at least 4 members (excludes halogenated alkanes) is 8. The van der Waals surface area contributed by atoms with Crippen molar-refractivity contribution in [2.45, 2.75) is 78.6 Å². The second kappa shape index (κ2) is 10.4.